The van der Waals surface area contributed by atoms with Crippen molar-refractivity contribution >= 4 is 56.0 Å². The van der Waals surface area contributed by atoms with E-state index in [-0.39, 0.29) is 5.63 Å². The van der Waals surface area contributed by atoms with Crippen LogP contribution in [-0.4, -0.2) is 19.6 Å². The molecule has 35 heavy (non-hydrogen) atoms. The van der Waals surface area contributed by atoms with E-state index < -0.39 is 9.49 Å². The van der Waals surface area contributed by atoms with Gasteiger partial charge in [0, 0.05) is 21.7 Å². The molecule has 0 saturated heterocycles. The molecule has 0 radical (unpaired) electrons. The molecule has 0 spiro atoms. The summed E-state index contributed by atoms with van der Waals surface area (Å²) in [5.74, 6) is 0. The van der Waals surface area contributed by atoms with Crippen LogP contribution in [0.5, 0.6) is 0 Å². The average molecular weight is 493 g/mol. The second-order valence-corrected chi connectivity index (χ2v) is 12.0. The van der Waals surface area contributed by atoms with E-state index in [1.165, 1.54) is 0 Å². The van der Waals surface area contributed by atoms with Crippen molar-refractivity contribution in [1.82, 2.24) is 0 Å². The van der Waals surface area contributed by atoms with Gasteiger partial charge in [-0.15, -0.1) is 0 Å². The maximum Gasteiger partial charge on any atom is 0.346 e. The van der Waals surface area contributed by atoms with E-state index in [1.54, 1.807) is 23.5 Å². The molecule has 4 aromatic rings. The number of hydrogen-bond donors (Lipinski definition) is 0. The zero-order valence-electron chi connectivity index (χ0n) is 19.1. The summed E-state index contributed by atoms with van der Waals surface area (Å²) in [7, 11) is 0. The van der Waals surface area contributed by atoms with Gasteiger partial charge in [0.05, 0.1) is 26.1 Å². The topological polar surface area (TPSA) is 54.9 Å². The molecule has 170 valence electrons. The Hall–Kier alpha value is -3.35. The lowest BCUT2D eigenvalue weighted by atomic mass is 9.81. The second kappa shape index (κ2) is 7.33. The van der Waals surface area contributed by atoms with Crippen LogP contribution in [0.15, 0.2) is 104 Å². The fraction of sp³-hybridized carbons (Fsp3) is 0.138. The maximum atomic E-state index is 13.5. The van der Waals surface area contributed by atoms with Gasteiger partial charge in [-0.25, -0.2) is 14.8 Å². The lowest BCUT2D eigenvalue weighted by Gasteiger charge is -2.42. The minimum atomic E-state index is -0.512. The normalized spacial score (nSPS) is 24.6. The molecule has 3 aromatic carbocycles. The predicted octanol–water partition coefficient (Wildman–Crippen LogP) is 4.93. The molecule has 0 saturated carbocycles. The minimum Gasteiger partial charge on any atom is -0.422 e. The number of thioether (sulfide) groups is 2. The number of rotatable bonds is 2. The number of hydrogen-bond acceptors (Lipinski definition) is 6. The zero-order chi connectivity index (χ0) is 23.8. The van der Waals surface area contributed by atoms with Crippen LogP contribution in [0.3, 0.4) is 0 Å². The standard InChI is InChI=1S/C29H20N2O2S2/c1-28-23(30-25(34-28)17-11-5-3-6-12-17)21-19-15-9-10-16-20(19)33-27(32)22(21)24-29(28,2)35-26(31-24)18-13-7-4-8-14-18/h3-16H,1-2H3. The van der Waals surface area contributed by atoms with Gasteiger partial charge >= 0.3 is 5.63 Å². The first-order valence-corrected chi connectivity index (χ1v) is 13.1. The predicted molar refractivity (Wildman–Crippen MR) is 146 cm³/mol. The molecule has 7 rings (SSSR count). The molecular weight excluding hydrogens is 472 g/mol. The van der Waals surface area contributed by atoms with Crippen molar-refractivity contribution < 1.29 is 4.42 Å². The first-order valence-electron chi connectivity index (χ1n) is 11.5. The molecule has 2 aliphatic heterocycles. The summed E-state index contributed by atoms with van der Waals surface area (Å²) in [6, 6.07) is 28.2. The first-order chi connectivity index (χ1) is 17.0. The van der Waals surface area contributed by atoms with Gasteiger partial charge in [-0.2, -0.15) is 0 Å². The Morgan fingerprint density at radius 2 is 1.14 bits per heavy atom. The third-order valence-electron chi connectivity index (χ3n) is 7.17. The van der Waals surface area contributed by atoms with Crippen LogP contribution in [0.1, 0.15) is 25.0 Å². The van der Waals surface area contributed by atoms with Gasteiger partial charge in [-0.1, -0.05) is 102 Å². The Labute approximate surface area is 210 Å². The van der Waals surface area contributed by atoms with Gasteiger partial charge in [0.2, 0.25) is 0 Å². The van der Waals surface area contributed by atoms with Crippen LogP contribution >= 0.6 is 23.5 Å². The van der Waals surface area contributed by atoms with Crippen LogP contribution in [0.2, 0.25) is 0 Å². The highest BCUT2D eigenvalue weighted by atomic mass is 32.2. The Bertz CT molecular complexity index is 1790. The number of para-hydroxylation sites is 1. The molecule has 2 unspecified atom stereocenters. The monoisotopic (exact) mass is 492 g/mol. The molecule has 3 heterocycles. The minimum absolute atomic E-state index is 0.360. The van der Waals surface area contributed by atoms with Crippen molar-refractivity contribution in [2.75, 3.05) is 0 Å². The molecule has 0 N–H and O–H groups in total. The molecule has 6 heteroatoms. The van der Waals surface area contributed by atoms with E-state index in [0.29, 0.717) is 10.8 Å². The Morgan fingerprint density at radius 1 is 0.657 bits per heavy atom. The zero-order valence-corrected chi connectivity index (χ0v) is 20.7. The van der Waals surface area contributed by atoms with Crippen LogP contribution in [-0.2, 0) is 0 Å². The van der Waals surface area contributed by atoms with Crippen molar-refractivity contribution in [1.29, 1.82) is 0 Å². The Morgan fingerprint density at radius 3 is 1.71 bits per heavy atom. The van der Waals surface area contributed by atoms with Crippen LogP contribution in [0.4, 0.5) is 0 Å². The molecule has 1 aromatic heterocycles. The van der Waals surface area contributed by atoms with Gasteiger partial charge < -0.3 is 4.42 Å². The van der Waals surface area contributed by atoms with Gasteiger partial charge in [0.25, 0.3) is 0 Å². The summed E-state index contributed by atoms with van der Waals surface area (Å²) in [5.41, 5.74) is 4.03. The largest absolute Gasteiger partial charge is 0.422 e. The SMILES string of the molecule is CC12SC(c3ccccc3)=NC1=c1c(=O)oc3ccccc3c1=C1N=C(c3ccccc3)SC12C. The number of nitrogens with zero attached hydrogens (tertiary/aromatic N) is 2. The van der Waals surface area contributed by atoms with Crippen molar-refractivity contribution in [2.45, 2.75) is 23.3 Å². The molecule has 0 amide bonds. The van der Waals surface area contributed by atoms with E-state index in [1.807, 2.05) is 60.7 Å². The van der Waals surface area contributed by atoms with Crippen LogP contribution in [0, 0.1) is 0 Å². The van der Waals surface area contributed by atoms with Gasteiger partial charge in [0.15, 0.2) is 0 Å². The molecule has 0 bridgehead atoms. The summed E-state index contributed by atoms with van der Waals surface area (Å²) in [6.07, 6.45) is 0. The summed E-state index contributed by atoms with van der Waals surface area (Å²) in [4.78, 5) is 23.9. The van der Waals surface area contributed by atoms with Gasteiger partial charge in [-0.3, -0.25) is 0 Å². The lowest BCUT2D eigenvalue weighted by Crippen LogP contribution is -2.57. The molecule has 2 atom stereocenters. The summed E-state index contributed by atoms with van der Waals surface area (Å²) in [6.45, 7) is 4.44. The quantitative estimate of drug-likeness (QED) is 0.373. The first kappa shape index (κ1) is 21.0. The van der Waals surface area contributed by atoms with Crippen molar-refractivity contribution in [3.63, 3.8) is 0 Å². The highest BCUT2D eigenvalue weighted by Gasteiger charge is 2.60. The third-order valence-corrected chi connectivity index (χ3v) is 10.4. The number of fused-ring (bicyclic) bond motifs is 6. The third kappa shape index (κ3) is 2.81. The van der Waals surface area contributed by atoms with E-state index in [9.17, 15) is 4.79 Å². The van der Waals surface area contributed by atoms with Crippen molar-refractivity contribution in [3.05, 3.63) is 117 Å². The molecule has 3 aliphatic rings. The highest BCUT2D eigenvalue weighted by Crippen LogP contribution is 2.61. The smallest absolute Gasteiger partial charge is 0.346 e. The average Bonchev–Trinajstić information content (AvgIpc) is 3.44. The van der Waals surface area contributed by atoms with Crippen molar-refractivity contribution in [2.24, 2.45) is 9.98 Å². The van der Waals surface area contributed by atoms with Gasteiger partial charge in [0.1, 0.15) is 15.7 Å². The fourth-order valence-electron chi connectivity index (χ4n) is 5.20. The molecule has 0 fully saturated rings. The van der Waals surface area contributed by atoms with Crippen molar-refractivity contribution in [3.8, 4) is 0 Å². The molecule has 1 aliphatic carbocycles. The van der Waals surface area contributed by atoms with E-state index >= 15 is 0 Å². The fourth-order valence-corrected chi connectivity index (χ4v) is 8.08. The number of aliphatic imine (C=N–C) groups is 2. The summed E-state index contributed by atoms with van der Waals surface area (Å²) in [5, 5.41) is 4.16. The van der Waals surface area contributed by atoms with Crippen LogP contribution in [0.25, 0.3) is 22.4 Å². The second-order valence-electron chi connectivity index (χ2n) is 9.17. The van der Waals surface area contributed by atoms with E-state index in [0.717, 1.165) is 43.2 Å². The lowest BCUT2D eigenvalue weighted by molar-refractivity contribution is 0.548. The van der Waals surface area contributed by atoms with E-state index in [2.05, 4.69) is 38.1 Å². The number of benzene rings is 3. The van der Waals surface area contributed by atoms with Gasteiger partial charge in [-0.05, 0) is 19.9 Å². The highest BCUT2D eigenvalue weighted by molar-refractivity contribution is 8.20. The maximum absolute atomic E-state index is 13.5. The summed E-state index contributed by atoms with van der Waals surface area (Å²) < 4.78 is 4.87. The Kier molecular flexibility index (Phi) is 4.39. The molecular formula is C29H20N2O2S2. The Balaban J connectivity index is 1.65. The van der Waals surface area contributed by atoms with Crippen LogP contribution < -0.4 is 16.1 Å². The van der Waals surface area contributed by atoms with E-state index in [4.69, 9.17) is 14.4 Å². The summed E-state index contributed by atoms with van der Waals surface area (Å²) >= 11 is 3.48. The molecule has 4 nitrogen and oxygen atoms in total.